The Bertz CT molecular complexity index is 1050. The van der Waals surface area contributed by atoms with Crippen LogP contribution in [0.4, 0.5) is 13.2 Å². The van der Waals surface area contributed by atoms with Crippen molar-refractivity contribution in [3.8, 4) is 16.3 Å². The summed E-state index contributed by atoms with van der Waals surface area (Å²) in [7, 11) is 0. The molecular weight excluding hydrogens is 433 g/mol. The maximum Gasteiger partial charge on any atom is 0.273 e. The third-order valence-corrected chi connectivity index (χ3v) is 6.46. The van der Waals surface area contributed by atoms with E-state index in [1.807, 2.05) is 0 Å². The number of amides is 1. The molecule has 1 amide bonds. The molecule has 3 aromatic rings. The molecule has 1 saturated heterocycles. The molecule has 0 bridgehead atoms. The minimum absolute atomic E-state index is 0.137. The van der Waals surface area contributed by atoms with E-state index in [9.17, 15) is 18.0 Å². The van der Waals surface area contributed by atoms with Crippen molar-refractivity contribution in [2.45, 2.75) is 6.61 Å². The topological polar surface area (TPSA) is 42.4 Å². The summed E-state index contributed by atoms with van der Waals surface area (Å²) in [5, 5.41) is 2.01. The molecule has 1 fully saturated rings. The Morgan fingerprint density at radius 1 is 1.07 bits per heavy atom. The van der Waals surface area contributed by atoms with Gasteiger partial charge in [-0.3, -0.25) is 4.79 Å². The fourth-order valence-electron chi connectivity index (χ4n) is 3.01. The van der Waals surface area contributed by atoms with Crippen molar-refractivity contribution in [1.82, 2.24) is 9.88 Å². The minimum Gasteiger partial charge on any atom is -0.489 e. The van der Waals surface area contributed by atoms with Gasteiger partial charge in [0.1, 0.15) is 40.5 Å². The van der Waals surface area contributed by atoms with Gasteiger partial charge < -0.3 is 9.64 Å². The number of rotatable bonds is 5. The first-order chi connectivity index (χ1) is 14.5. The van der Waals surface area contributed by atoms with Crippen LogP contribution in [0.15, 0.2) is 41.8 Å². The Labute approximate surface area is 179 Å². The van der Waals surface area contributed by atoms with Crippen LogP contribution in [-0.4, -0.2) is 40.4 Å². The van der Waals surface area contributed by atoms with Gasteiger partial charge in [0.2, 0.25) is 0 Å². The van der Waals surface area contributed by atoms with E-state index in [2.05, 4.69) is 4.98 Å². The number of carbonyl (C=O) groups is 1. The van der Waals surface area contributed by atoms with Gasteiger partial charge in [0.05, 0.1) is 5.56 Å². The number of benzene rings is 2. The molecule has 1 aliphatic heterocycles. The number of halogens is 3. The summed E-state index contributed by atoms with van der Waals surface area (Å²) in [6.07, 6.45) is 0. The molecule has 9 heteroatoms. The highest BCUT2D eigenvalue weighted by Crippen LogP contribution is 2.30. The van der Waals surface area contributed by atoms with Crippen molar-refractivity contribution in [1.29, 1.82) is 0 Å². The smallest absolute Gasteiger partial charge is 0.273 e. The van der Waals surface area contributed by atoms with Crippen LogP contribution in [0.1, 0.15) is 16.1 Å². The van der Waals surface area contributed by atoms with Gasteiger partial charge in [-0.25, -0.2) is 18.2 Å². The van der Waals surface area contributed by atoms with Gasteiger partial charge in [-0.1, -0.05) is 6.07 Å². The van der Waals surface area contributed by atoms with Crippen LogP contribution in [-0.2, 0) is 6.61 Å². The first-order valence-corrected chi connectivity index (χ1v) is 11.2. The number of hydrogen-bond donors (Lipinski definition) is 0. The molecule has 156 valence electrons. The zero-order chi connectivity index (χ0) is 21.1. The second-order valence-corrected chi connectivity index (χ2v) is 8.66. The van der Waals surface area contributed by atoms with E-state index in [0.29, 0.717) is 23.8 Å². The Morgan fingerprint density at radius 3 is 2.50 bits per heavy atom. The Hall–Kier alpha value is -2.52. The highest BCUT2D eigenvalue weighted by atomic mass is 32.2. The van der Waals surface area contributed by atoms with Crippen LogP contribution in [0.2, 0.25) is 0 Å². The van der Waals surface area contributed by atoms with Crippen molar-refractivity contribution in [2.24, 2.45) is 0 Å². The van der Waals surface area contributed by atoms with Gasteiger partial charge >= 0.3 is 0 Å². The predicted octanol–water partition coefficient (Wildman–Crippen LogP) is 5.00. The molecule has 0 spiro atoms. The zero-order valence-electron chi connectivity index (χ0n) is 15.7. The number of ether oxygens (including phenoxy) is 1. The van der Waals surface area contributed by atoms with E-state index in [1.165, 1.54) is 29.5 Å². The lowest BCUT2D eigenvalue weighted by Crippen LogP contribution is -2.38. The molecular formula is C21H17F3N2O2S2. The van der Waals surface area contributed by atoms with E-state index >= 15 is 0 Å². The summed E-state index contributed by atoms with van der Waals surface area (Å²) >= 11 is 2.99. The first-order valence-electron chi connectivity index (χ1n) is 9.21. The lowest BCUT2D eigenvalue weighted by atomic mass is 10.2. The van der Waals surface area contributed by atoms with Crippen LogP contribution in [0.3, 0.4) is 0 Å². The monoisotopic (exact) mass is 450 g/mol. The van der Waals surface area contributed by atoms with Crippen LogP contribution in [0.25, 0.3) is 10.6 Å². The number of hydrogen-bond acceptors (Lipinski definition) is 5. The summed E-state index contributed by atoms with van der Waals surface area (Å²) in [5.41, 5.74) is 0.315. The number of nitrogens with zero attached hydrogens (tertiary/aromatic N) is 2. The van der Waals surface area contributed by atoms with Crippen molar-refractivity contribution < 1.29 is 22.7 Å². The average Bonchev–Trinajstić information content (AvgIpc) is 3.23. The quantitative estimate of drug-likeness (QED) is 0.549. The molecule has 0 radical (unpaired) electrons. The summed E-state index contributed by atoms with van der Waals surface area (Å²) in [6, 6.07) is 7.65. The van der Waals surface area contributed by atoms with Crippen LogP contribution < -0.4 is 4.74 Å². The van der Waals surface area contributed by atoms with Crippen LogP contribution in [0, 0.1) is 17.5 Å². The maximum atomic E-state index is 14.6. The molecule has 0 N–H and O–H groups in total. The van der Waals surface area contributed by atoms with Crippen molar-refractivity contribution in [3.63, 3.8) is 0 Å². The van der Waals surface area contributed by atoms with E-state index in [4.69, 9.17) is 4.74 Å². The van der Waals surface area contributed by atoms with Crippen molar-refractivity contribution in [2.75, 3.05) is 24.6 Å². The fraction of sp³-hybridized carbons (Fsp3) is 0.238. The highest BCUT2D eigenvalue weighted by Gasteiger charge is 2.22. The number of thioether (sulfide) groups is 1. The molecule has 0 saturated carbocycles. The summed E-state index contributed by atoms with van der Waals surface area (Å²) in [4.78, 5) is 18.6. The normalized spacial score (nSPS) is 14.0. The Morgan fingerprint density at radius 2 is 1.80 bits per heavy atom. The minimum atomic E-state index is -0.723. The molecule has 0 aliphatic carbocycles. The molecule has 1 aromatic heterocycles. The van der Waals surface area contributed by atoms with Gasteiger partial charge in [0.15, 0.2) is 0 Å². The molecule has 0 unspecified atom stereocenters. The van der Waals surface area contributed by atoms with Gasteiger partial charge in [0, 0.05) is 41.6 Å². The van der Waals surface area contributed by atoms with E-state index < -0.39 is 17.5 Å². The third-order valence-electron chi connectivity index (χ3n) is 4.64. The summed E-state index contributed by atoms with van der Waals surface area (Å²) in [6.45, 7) is 1.00. The first kappa shape index (κ1) is 20.7. The second kappa shape index (κ2) is 9.09. The molecule has 2 heterocycles. The Balaban J connectivity index is 1.47. The molecule has 30 heavy (non-hydrogen) atoms. The third kappa shape index (κ3) is 4.46. The number of carbonyl (C=O) groups excluding carboxylic acids is 1. The lowest BCUT2D eigenvalue weighted by molar-refractivity contribution is 0.0767. The highest BCUT2D eigenvalue weighted by molar-refractivity contribution is 7.99. The van der Waals surface area contributed by atoms with Crippen molar-refractivity contribution in [3.05, 3.63) is 70.5 Å². The number of thiazole rings is 1. The van der Waals surface area contributed by atoms with Crippen LogP contribution in [0.5, 0.6) is 5.75 Å². The zero-order valence-corrected chi connectivity index (χ0v) is 17.4. The van der Waals surface area contributed by atoms with Gasteiger partial charge in [-0.15, -0.1) is 11.3 Å². The molecule has 0 atom stereocenters. The van der Waals surface area contributed by atoms with Gasteiger partial charge in [-0.05, 0) is 24.3 Å². The lowest BCUT2D eigenvalue weighted by Gasteiger charge is -2.25. The second-order valence-electron chi connectivity index (χ2n) is 6.57. The average molecular weight is 451 g/mol. The summed E-state index contributed by atoms with van der Waals surface area (Å²) < 4.78 is 47.3. The van der Waals surface area contributed by atoms with Gasteiger partial charge in [-0.2, -0.15) is 11.8 Å². The largest absolute Gasteiger partial charge is 0.489 e. The number of aromatic nitrogens is 1. The molecule has 1 aliphatic rings. The van der Waals surface area contributed by atoms with E-state index in [1.54, 1.807) is 22.0 Å². The molecule has 2 aromatic carbocycles. The van der Waals surface area contributed by atoms with E-state index in [0.717, 1.165) is 29.7 Å². The standard InChI is InChI=1S/C21H17F3N2O2S2/c22-16-2-1-3-17(23)15(16)11-28-13-4-5-14(18(24)10-13)20-25-19(12-30-20)21(27)26-6-8-29-9-7-26/h1-5,10,12H,6-9,11H2. The SMILES string of the molecule is O=C(c1csc(-c2ccc(OCc3c(F)cccc3F)cc2F)n1)N1CCSCC1. The maximum absolute atomic E-state index is 14.6. The van der Waals surface area contributed by atoms with Crippen LogP contribution >= 0.6 is 23.1 Å². The Kier molecular flexibility index (Phi) is 6.29. The molecule has 4 rings (SSSR count). The summed E-state index contributed by atoms with van der Waals surface area (Å²) in [5.74, 6) is -0.254. The van der Waals surface area contributed by atoms with E-state index in [-0.39, 0.29) is 29.4 Å². The predicted molar refractivity (Wildman–Crippen MR) is 111 cm³/mol. The fourth-order valence-corrected chi connectivity index (χ4v) is 4.73. The molecule has 4 nitrogen and oxygen atoms in total. The van der Waals surface area contributed by atoms with Crippen molar-refractivity contribution >= 4 is 29.0 Å². The van der Waals surface area contributed by atoms with Gasteiger partial charge in [0.25, 0.3) is 5.91 Å².